The van der Waals surface area contributed by atoms with E-state index in [-0.39, 0.29) is 0 Å². The Morgan fingerprint density at radius 2 is 2.27 bits per heavy atom. The molecule has 1 heterocycles. The Labute approximate surface area is 94.4 Å². The van der Waals surface area contributed by atoms with Gasteiger partial charge in [0, 0.05) is 6.54 Å². The quantitative estimate of drug-likeness (QED) is 0.706. The van der Waals surface area contributed by atoms with Gasteiger partial charge in [-0.2, -0.15) is 0 Å². The lowest BCUT2D eigenvalue weighted by molar-refractivity contribution is 0.121. The lowest BCUT2D eigenvalue weighted by Gasteiger charge is -2.39. The third-order valence-corrected chi connectivity index (χ3v) is 3.44. The van der Waals surface area contributed by atoms with Gasteiger partial charge < -0.3 is 5.32 Å². The Bertz CT molecular complexity index is 221. The molecular formula is C13H24N2. The first-order valence-electron chi connectivity index (χ1n) is 5.89. The van der Waals surface area contributed by atoms with Gasteiger partial charge in [-0.05, 0) is 44.3 Å². The summed E-state index contributed by atoms with van der Waals surface area (Å²) in [6, 6.07) is 0. The Morgan fingerprint density at radius 1 is 1.53 bits per heavy atom. The average molecular weight is 208 g/mol. The maximum Gasteiger partial charge on any atom is 0.0596 e. The number of nitrogens with one attached hydrogen (secondary N) is 1. The van der Waals surface area contributed by atoms with Gasteiger partial charge in [0.1, 0.15) is 0 Å². The summed E-state index contributed by atoms with van der Waals surface area (Å²) >= 11 is 0. The van der Waals surface area contributed by atoms with E-state index in [0.717, 1.165) is 25.6 Å². The molecule has 86 valence electrons. The van der Waals surface area contributed by atoms with Crippen molar-refractivity contribution < 1.29 is 0 Å². The minimum atomic E-state index is 0.360. The van der Waals surface area contributed by atoms with Crippen LogP contribution in [-0.4, -0.2) is 38.1 Å². The number of nitrogens with zero attached hydrogens (tertiary/aromatic N) is 1. The van der Waals surface area contributed by atoms with Crippen LogP contribution in [0.2, 0.25) is 0 Å². The van der Waals surface area contributed by atoms with Crippen molar-refractivity contribution in [3.8, 4) is 12.3 Å². The molecule has 0 spiro atoms. The van der Waals surface area contributed by atoms with Crippen LogP contribution in [0.15, 0.2) is 0 Å². The van der Waals surface area contributed by atoms with Crippen molar-refractivity contribution in [3.05, 3.63) is 0 Å². The Kier molecular flexibility index (Phi) is 4.63. The summed E-state index contributed by atoms with van der Waals surface area (Å²) in [6.07, 6.45) is 7.99. The molecule has 1 fully saturated rings. The van der Waals surface area contributed by atoms with Gasteiger partial charge in [0.05, 0.1) is 6.54 Å². The number of piperidine rings is 1. The van der Waals surface area contributed by atoms with Gasteiger partial charge in [-0.15, -0.1) is 6.42 Å². The van der Waals surface area contributed by atoms with Crippen molar-refractivity contribution in [3.63, 3.8) is 0 Å². The lowest BCUT2D eigenvalue weighted by atomic mass is 9.74. The van der Waals surface area contributed by atoms with E-state index in [1.807, 2.05) is 0 Å². The van der Waals surface area contributed by atoms with Gasteiger partial charge in [0.2, 0.25) is 0 Å². The summed E-state index contributed by atoms with van der Waals surface area (Å²) < 4.78 is 0. The summed E-state index contributed by atoms with van der Waals surface area (Å²) in [4.78, 5) is 2.24. The van der Waals surface area contributed by atoms with Crippen molar-refractivity contribution in [1.29, 1.82) is 0 Å². The largest absolute Gasteiger partial charge is 0.316 e. The molecule has 2 heteroatoms. The predicted octanol–water partition coefficient (Wildman–Crippen LogP) is 1.58. The maximum absolute atomic E-state index is 5.32. The standard InChI is InChI=1S/C13H24N2/c1-5-9-15(4)11-13(2,3)12-7-6-8-14-10-12/h1,12,14H,6-11H2,2-4H3. The number of hydrogen-bond acceptors (Lipinski definition) is 2. The van der Waals surface area contributed by atoms with Crippen LogP contribution >= 0.6 is 0 Å². The zero-order valence-corrected chi connectivity index (χ0v) is 10.3. The fourth-order valence-electron chi connectivity index (χ4n) is 2.56. The van der Waals surface area contributed by atoms with E-state index in [9.17, 15) is 0 Å². The minimum absolute atomic E-state index is 0.360. The van der Waals surface area contributed by atoms with Crippen LogP contribution in [0.4, 0.5) is 0 Å². The van der Waals surface area contributed by atoms with Crippen LogP contribution in [0, 0.1) is 23.7 Å². The van der Waals surface area contributed by atoms with Crippen molar-refractivity contribution in [2.24, 2.45) is 11.3 Å². The SMILES string of the molecule is C#CCN(C)CC(C)(C)C1CCCNC1. The molecule has 0 saturated carbocycles. The molecule has 0 amide bonds. The molecule has 15 heavy (non-hydrogen) atoms. The van der Waals surface area contributed by atoms with Gasteiger partial charge in [-0.1, -0.05) is 19.8 Å². The fourth-order valence-corrected chi connectivity index (χ4v) is 2.56. The molecule has 1 rings (SSSR count). The van der Waals surface area contributed by atoms with Crippen LogP contribution in [-0.2, 0) is 0 Å². The molecule has 1 saturated heterocycles. The van der Waals surface area contributed by atoms with Gasteiger partial charge >= 0.3 is 0 Å². The summed E-state index contributed by atoms with van der Waals surface area (Å²) in [7, 11) is 2.11. The van der Waals surface area contributed by atoms with Crippen LogP contribution in [0.1, 0.15) is 26.7 Å². The van der Waals surface area contributed by atoms with Crippen LogP contribution in [0.5, 0.6) is 0 Å². The molecule has 1 unspecified atom stereocenters. The first-order valence-corrected chi connectivity index (χ1v) is 5.89. The van der Waals surface area contributed by atoms with E-state index in [1.54, 1.807) is 0 Å². The molecule has 0 bridgehead atoms. The van der Waals surface area contributed by atoms with Gasteiger partial charge in [0.15, 0.2) is 0 Å². The molecule has 0 aromatic carbocycles. The first kappa shape index (κ1) is 12.5. The van der Waals surface area contributed by atoms with E-state index in [2.05, 4.69) is 37.0 Å². The molecule has 0 aromatic rings. The van der Waals surface area contributed by atoms with Crippen molar-refractivity contribution in [2.45, 2.75) is 26.7 Å². The molecule has 0 aromatic heterocycles. The monoisotopic (exact) mass is 208 g/mol. The second-order valence-electron chi connectivity index (χ2n) is 5.41. The van der Waals surface area contributed by atoms with Crippen LogP contribution < -0.4 is 5.32 Å². The molecule has 0 aliphatic carbocycles. The molecule has 1 aliphatic rings. The van der Waals surface area contributed by atoms with Crippen molar-refractivity contribution in [1.82, 2.24) is 10.2 Å². The average Bonchev–Trinajstić information content (AvgIpc) is 2.18. The first-order chi connectivity index (χ1) is 7.06. The third-order valence-electron chi connectivity index (χ3n) is 3.44. The highest BCUT2D eigenvalue weighted by Gasteiger charge is 2.31. The van der Waals surface area contributed by atoms with E-state index in [0.29, 0.717) is 5.41 Å². The molecule has 0 radical (unpaired) electrons. The highest BCUT2D eigenvalue weighted by atomic mass is 15.1. The zero-order valence-electron chi connectivity index (χ0n) is 10.3. The van der Waals surface area contributed by atoms with Crippen LogP contribution in [0.25, 0.3) is 0 Å². The Balaban J connectivity index is 2.45. The third kappa shape index (κ3) is 3.85. The minimum Gasteiger partial charge on any atom is -0.316 e. The van der Waals surface area contributed by atoms with E-state index in [1.165, 1.54) is 19.4 Å². The highest BCUT2D eigenvalue weighted by Crippen LogP contribution is 2.32. The smallest absolute Gasteiger partial charge is 0.0596 e. The summed E-state index contributed by atoms with van der Waals surface area (Å²) in [5.41, 5.74) is 0.360. The number of hydrogen-bond donors (Lipinski definition) is 1. The number of rotatable bonds is 4. The van der Waals surface area contributed by atoms with Gasteiger partial charge in [0.25, 0.3) is 0 Å². The molecule has 1 N–H and O–H groups in total. The van der Waals surface area contributed by atoms with Crippen molar-refractivity contribution in [2.75, 3.05) is 33.2 Å². The lowest BCUT2D eigenvalue weighted by Crippen LogP contribution is -2.43. The fraction of sp³-hybridized carbons (Fsp3) is 0.846. The van der Waals surface area contributed by atoms with Crippen molar-refractivity contribution >= 4 is 0 Å². The Hall–Kier alpha value is -0.520. The summed E-state index contributed by atoms with van der Waals surface area (Å²) in [5.74, 6) is 3.49. The Morgan fingerprint density at radius 3 is 2.80 bits per heavy atom. The second kappa shape index (κ2) is 5.53. The van der Waals surface area contributed by atoms with E-state index in [4.69, 9.17) is 6.42 Å². The molecular weight excluding hydrogens is 184 g/mol. The van der Waals surface area contributed by atoms with E-state index < -0.39 is 0 Å². The number of terminal acetylenes is 1. The van der Waals surface area contributed by atoms with Gasteiger partial charge in [-0.25, -0.2) is 0 Å². The summed E-state index contributed by atoms with van der Waals surface area (Å²) in [6.45, 7) is 8.91. The maximum atomic E-state index is 5.32. The highest BCUT2D eigenvalue weighted by molar-refractivity contribution is 4.90. The second-order valence-corrected chi connectivity index (χ2v) is 5.41. The topological polar surface area (TPSA) is 15.3 Å². The van der Waals surface area contributed by atoms with Crippen LogP contribution in [0.3, 0.4) is 0 Å². The normalized spacial score (nSPS) is 22.7. The van der Waals surface area contributed by atoms with Gasteiger partial charge in [-0.3, -0.25) is 4.90 Å². The summed E-state index contributed by atoms with van der Waals surface area (Å²) in [5, 5.41) is 3.49. The molecule has 1 aliphatic heterocycles. The van der Waals surface area contributed by atoms with E-state index >= 15 is 0 Å². The predicted molar refractivity (Wildman–Crippen MR) is 65.7 cm³/mol. The molecule has 1 atom stereocenters. The zero-order chi connectivity index (χ0) is 11.3. The molecule has 2 nitrogen and oxygen atoms in total.